The molecule has 0 aliphatic carbocycles. The van der Waals surface area contributed by atoms with E-state index in [1.54, 1.807) is 13.8 Å². The summed E-state index contributed by atoms with van der Waals surface area (Å²) >= 11 is 0. The van der Waals surface area contributed by atoms with Gasteiger partial charge in [-0.1, -0.05) is 0 Å². The molecule has 0 bridgehead atoms. The second kappa shape index (κ2) is 9.30. The SMILES string of the molecule is CO[C@@H]1O[C@]2([C@H](OC(C)=O)[C@@H](OC(C)=O)[C@H]1OC(C)=O)[C@@H]([C@H]1COC(C)(C)O1)O[C@@H]1OCO[C@@H]12. The highest BCUT2D eigenvalue weighted by Crippen LogP contribution is 2.51. The molecule has 4 aliphatic heterocycles. The summed E-state index contributed by atoms with van der Waals surface area (Å²) in [5.74, 6) is -3.01. The predicted molar refractivity (Wildman–Crippen MR) is 106 cm³/mol. The van der Waals surface area contributed by atoms with Gasteiger partial charge in [-0.15, -0.1) is 0 Å². The maximum absolute atomic E-state index is 12.3. The molecule has 0 amide bonds. The molecule has 0 aromatic heterocycles. The van der Waals surface area contributed by atoms with Crippen LogP contribution in [0.2, 0.25) is 0 Å². The molecule has 0 saturated carbocycles. The van der Waals surface area contributed by atoms with Crippen LogP contribution in [0.5, 0.6) is 0 Å². The van der Waals surface area contributed by atoms with Gasteiger partial charge in [0, 0.05) is 27.9 Å². The number of hydrogen-bond donors (Lipinski definition) is 0. The van der Waals surface area contributed by atoms with Crippen molar-refractivity contribution in [3.05, 3.63) is 0 Å². The molecule has 4 fully saturated rings. The monoisotopic (exact) mass is 490 g/mol. The van der Waals surface area contributed by atoms with E-state index in [0.29, 0.717) is 0 Å². The molecule has 1 spiro atoms. The Balaban J connectivity index is 1.84. The van der Waals surface area contributed by atoms with Gasteiger partial charge in [0.1, 0.15) is 18.3 Å². The van der Waals surface area contributed by atoms with Crippen LogP contribution in [0.15, 0.2) is 0 Å². The highest BCUT2D eigenvalue weighted by Gasteiger charge is 2.75. The largest absolute Gasteiger partial charge is 0.455 e. The summed E-state index contributed by atoms with van der Waals surface area (Å²) in [5.41, 5.74) is -1.64. The Hall–Kier alpha value is -1.87. The van der Waals surface area contributed by atoms with Gasteiger partial charge < -0.3 is 47.4 Å². The summed E-state index contributed by atoms with van der Waals surface area (Å²) in [6.07, 6.45) is -8.69. The van der Waals surface area contributed by atoms with Crippen LogP contribution >= 0.6 is 0 Å². The standard InChI is InChI=1S/C21H30O13/c1-9(22)29-13-14(30-10(2)23)18(25-6)34-21(16(13)31-11(3)24)15(12-7-28-20(4,5)33-12)32-19-17(21)26-8-27-19/h12-19H,7-8H2,1-6H3/t12-,13+,14-,15-,16-,17+,18-,19+,21+/m1/s1. The lowest BCUT2D eigenvalue weighted by molar-refractivity contribution is -0.358. The Morgan fingerprint density at radius 1 is 0.853 bits per heavy atom. The van der Waals surface area contributed by atoms with E-state index in [4.69, 9.17) is 47.4 Å². The lowest BCUT2D eigenvalue weighted by Crippen LogP contribution is -2.74. The van der Waals surface area contributed by atoms with Crippen LogP contribution in [0.25, 0.3) is 0 Å². The molecule has 13 heteroatoms. The smallest absolute Gasteiger partial charge is 0.303 e. The zero-order valence-electron chi connectivity index (χ0n) is 19.8. The molecule has 4 heterocycles. The molecular formula is C21H30O13. The van der Waals surface area contributed by atoms with Gasteiger partial charge in [-0.05, 0) is 13.8 Å². The fourth-order valence-corrected chi connectivity index (χ4v) is 4.99. The van der Waals surface area contributed by atoms with E-state index in [1.165, 1.54) is 27.9 Å². The van der Waals surface area contributed by atoms with Gasteiger partial charge in [-0.25, -0.2) is 0 Å². The fourth-order valence-electron chi connectivity index (χ4n) is 4.99. The summed E-state index contributed by atoms with van der Waals surface area (Å²) in [7, 11) is 1.33. The van der Waals surface area contributed by atoms with Crippen LogP contribution in [-0.2, 0) is 61.8 Å². The van der Waals surface area contributed by atoms with Crippen LogP contribution in [0.3, 0.4) is 0 Å². The highest BCUT2D eigenvalue weighted by atomic mass is 16.8. The van der Waals surface area contributed by atoms with Gasteiger partial charge in [0.05, 0.1) is 6.61 Å². The molecule has 4 rings (SSSR count). The summed E-state index contributed by atoms with van der Waals surface area (Å²) < 4.78 is 57.9. The van der Waals surface area contributed by atoms with Crippen molar-refractivity contribution in [2.24, 2.45) is 0 Å². The van der Waals surface area contributed by atoms with Gasteiger partial charge in [0.2, 0.25) is 0 Å². The Morgan fingerprint density at radius 2 is 1.50 bits per heavy atom. The van der Waals surface area contributed by atoms with Crippen molar-refractivity contribution in [3.63, 3.8) is 0 Å². The molecule has 0 N–H and O–H groups in total. The summed E-state index contributed by atoms with van der Waals surface area (Å²) in [6, 6.07) is 0. The number of hydrogen-bond acceptors (Lipinski definition) is 13. The molecule has 192 valence electrons. The van der Waals surface area contributed by atoms with Gasteiger partial charge in [0.25, 0.3) is 0 Å². The zero-order valence-corrected chi connectivity index (χ0v) is 19.8. The third kappa shape index (κ3) is 4.41. The van der Waals surface area contributed by atoms with Gasteiger partial charge in [-0.2, -0.15) is 0 Å². The number of ether oxygens (including phenoxy) is 10. The van der Waals surface area contributed by atoms with Gasteiger partial charge >= 0.3 is 17.9 Å². The first-order valence-electron chi connectivity index (χ1n) is 10.9. The van der Waals surface area contributed by atoms with Crippen molar-refractivity contribution in [3.8, 4) is 0 Å². The minimum atomic E-state index is -1.64. The maximum Gasteiger partial charge on any atom is 0.303 e. The minimum absolute atomic E-state index is 0.114. The van der Waals surface area contributed by atoms with E-state index < -0.39 is 78.5 Å². The van der Waals surface area contributed by atoms with Crippen molar-refractivity contribution < 1.29 is 61.8 Å². The highest BCUT2D eigenvalue weighted by molar-refractivity contribution is 5.68. The number of esters is 3. The molecule has 4 aliphatic rings. The van der Waals surface area contributed by atoms with Crippen LogP contribution in [0.4, 0.5) is 0 Å². The number of fused-ring (bicyclic) bond motifs is 2. The molecule has 34 heavy (non-hydrogen) atoms. The van der Waals surface area contributed by atoms with E-state index in [9.17, 15) is 14.4 Å². The first-order chi connectivity index (χ1) is 16.0. The van der Waals surface area contributed by atoms with Crippen molar-refractivity contribution in [1.29, 1.82) is 0 Å². The number of methoxy groups -OCH3 is 1. The second-order valence-electron chi connectivity index (χ2n) is 8.92. The number of rotatable bonds is 5. The van der Waals surface area contributed by atoms with Crippen molar-refractivity contribution in [2.75, 3.05) is 20.5 Å². The van der Waals surface area contributed by atoms with E-state index in [-0.39, 0.29) is 13.4 Å². The molecule has 0 aromatic carbocycles. The third-order valence-corrected chi connectivity index (χ3v) is 6.05. The topological polar surface area (TPSA) is 144 Å². The van der Waals surface area contributed by atoms with Gasteiger partial charge in [-0.3, -0.25) is 14.4 Å². The van der Waals surface area contributed by atoms with Crippen molar-refractivity contribution >= 4 is 17.9 Å². The Labute approximate surface area is 196 Å². The molecule has 0 radical (unpaired) electrons. The van der Waals surface area contributed by atoms with Crippen LogP contribution in [0, 0.1) is 0 Å². The summed E-state index contributed by atoms with van der Waals surface area (Å²) in [5, 5.41) is 0. The lowest BCUT2D eigenvalue weighted by Gasteiger charge is -2.52. The van der Waals surface area contributed by atoms with Crippen molar-refractivity contribution in [2.45, 2.75) is 95.2 Å². The molecule has 13 nitrogen and oxygen atoms in total. The average molecular weight is 490 g/mol. The second-order valence-corrected chi connectivity index (χ2v) is 8.92. The van der Waals surface area contributed by atoms with E-state index >= 15 is 0 Å². The number of carbonyl (C=O) groups excluding carboxylic acids is 3. The van der Waals surface area contributed by atoms with E-state index in [1.807, 2.05) is 0 Å². The third-order valence-electron chi connectivity index (χ3n) is 6.05. The Bertz CT molecular complexity index is 814. The normalized spacial score (nSPS) is 42.9. The average Bonchev–Trinajstić information content (AvgIpc) is 3.40. The maximum atomic E-state index is 12.3. The van der Waals surface area contributed by atoms with E-state index in [0.717, 1.165) is 0 Å². The first kappa shape index (κ1) is 25.2. The Kier molecular flexibility index (Phi) is 6.90. The van der Waals surface area contributed by atoms with Crippen LogP contribution in [0.1, 0.15) is 34.6 Å². The van der Waals surface area contributed by atoms with Crippen LogP contribution in [-0.4, -0.2) is 99.0 Å². The Morgan fingerprint density at radius 3 is 2.06 bits per heavy atom. The molecule has 0 unspecified atom stereocenters. The summed E-state index contributed by atoms with van der Waals surface area (Å²) in [4.78, 5) is 36.3. The lowest BCUT2D eigenvalue weighted by atomic mass is 9.77. The summed E-state index contributed by atoms with van der Waals surface area (Å²) in [6.45, 7) is 7.04. The van der Waals surface area contributed by atoms with E-state index in [2.05, 4.69) is 0 Å². The predicted octanol–water partition coefficient (Wildman–Crippen LogP) is -0.228. The minimum Gasteiger partial charge on any atom is -0.455 e. The van der Waals surface area contributed by atoms with Gasteiger partial charge in [0.15, 0.2) is 49.1 Å². The van der Waals surface area contributed by atoms with Crippen LogP contribution < -0.4 is 0 Å². The first-order valence-corrected chi connectivity index (χ1v) is 10.9. The molecule has 0 aromatic rings. The quantitative estimate of drug-likeness (QED) is 0.370. The fraction of sp³-hybridized carbons (Fsp3) is 0.857. The molecule has 4 saturated heterocycles. The molecule has 9 atom stereocenters. The number of carbonyl (C=O) groups is 3. The molecular weight excluding hydrogens is 460 g/mol. The van der Waals surface area contributed by atoms with Crippen molar-refractivity contribution in [1.82, 2.24) is 0 Å². The zero-order chi connectivity index (χ0) is 24.8.